The number of nitrogens with zero attached hydrogens (tertiary/aromatic N) is 1. The van der Waals surface area contributed by atoms with E-state index in [1.54, 1.807) is 25.3 Å². The Kier molecular flexibility index (Phi) is 5.75. The van der Waals surface area contributed by atoms with Crippen LogP contribution in [0.1, 0.15) is 18.9 Å². The van der Waals surface area contributed by atoms with Crippen molar-refractivity contribution in [1.29, 1.82) is 0 Å². The third-order valence-corrected chi connectivity index (χ3v) is 3.31. The van der Waals surface area contributed by atoms with Gasteiger partial charge in [0.15, 0.2) is 0 Å². The number of rotatable bonds is 6. The Morgan fingerprint density at radius 3 is 2.73 bits per heavy atom. The minimum atomic E-state index is -0.662. The fourth-order valence-corrected chi connectivity index (χ4v) is 2.08. The van der Waals surface area contributed by atoms with E-state index in [1.165, 1.54) is 0 Å². The standard InChI is InChI=1S/C16H18ClN3O2/c1-11(21)8-16(22)20-13-6-7-15(19-10-13)18-9-12-4-2-3-5-14(12)17/h2-7,10-11,21H,8-9H2,1H3,(H,18,19)(H,20,22). The highest BCUT2D eigenvalue weighted by Crippen LogP contribution is 2.17. The molecule has 0 fully saturated rings. The van der Waals surface area contributed by atoms with Gasteiger partial charge in [-0.1, -0.05) is 29.8 Å². The molecular weight excluding hydrogens is 302 g/mol. The number of carbonyl (C=O) groups excluding carboxylic acids is 1. The molecule has 5 nitrogen and oxygen atoms in total. The molecule has 1 aromatic carbocycles. The number of nitrogens with one attached hydrogen (secondary N) is 2. The SMILES string of the molecule is CC(O)CC(=O)Nc1ccc(NCc2ccccc2Cl)nc1. The molecule has 1 atom stereocenters. The Balaban J connectivity index is 1.89. The second-order valence-corrected chi connectivity index (χ2v) is 5.39. The Morgan fingerprint density at radius 1 is 1.32 bits per heavy atom. The van der Waals surface area contributed by atoms with Gasteiger partial charge in [0.05, 0.1) is 24.4 Å². The van der Waals surface area contributed by atoms with Gasteiger partial charge in [-0.2, -0.15) is 0 Å². The van der Waals surface area contributed by atoms with Crippen LogP contribution in [0.5, 0.6) is 0 Å². The maximum atomic E-state index is 11.5. The van der Waals surface area contributed by atoms with E-state index >= 15 is 0 Å². The van der Waals surface area contributed by atoms with E-state index in [0.717, 1.165) is 5.56 Å². The Bertz CT molecular complexity index is 630. The highest BCUT2D eigenvalue weighted by atomic mass is 35.5. The summed E-state index contributed by atoms with van der Waals surface area (Å²) in [5.41, 5.74) is 1.58. The lowest BCUT2D eigenvalue weighted by molar-refractivity contribution is -0.117. The molecule has 3 N–H and O–H groups in total. The van der Waals surface area contributed by atoms with Crippen molar-refractivity contribution in [3.05, 3.63) is 53.2 Å². The maximum Gasteiger partial charge on any atom is 0.227 e. The van der Waals surface area contributed by atoms with Gasteiger partial charge in [0.2, 0.25) is 5.91 Å². The first-order valence-electron chi connectivity index (χ1n) is 6.96. The normalized spacial score (nSPS) is 11.8. The summed E-state index contributed by atoms with van der Waals surface area (Å²) in [4.78, 5) is 15.8. The number of benzene rings is 1. The number of amides is 1. The van der Waals surface area contributed by atoms with Crippen molar-refractivity contribution in [2.24, 2.45) is 0 Å². The first kappa shape index (κ1) is 16.3. The van der Waals surface area contributed by atoms with Gasteiger partial charge in [-0.25, -0.2) is 4.98 Å². The molecule has 0 aliphatic heterocycles. The van der Waals surface area contributed by atoms with Crippen LogP contribution < -0.4 is 10.6 Å². The number of halogens is 1. The summed E-state index contributed by atoms with van der Waals surface area (Å²) >= 11 is 6.09. The van der Waals surface area contributed by atoms with Gasteiger partial charge in [0.1, 0.15) is 5.82 Å². The predicted octanol–water partition coefficient (Wildman–Crippen LogP) is 3.06. The van der Waals surface area contributed by atoms with Crippen LogP contribution >= 0.6 is 11.6 Å². The average molecular weight is 320 g/mol. The summed E-state index contributed by atoms with van der Waals surface area (Å²) in [6, 6.07) is 11.1. The number of aliphatic hydroxyl groups is 1. The molecular formula is C16H18ClN3O2. The molecule has 0 saturated carbocycles. The number of aliphatic hydroxyl groups excluding tert-OH is 1. The van der Waals surface area contributed by atoms with Gasteiger partial charge in [-0.15, -0.1) is 0 Å². The highest BCUT2D eigenvalue weighted by molar-refractivity contribution is 6.31. The summed E-state index contributed by atoms with van der Waals surface area (Å²) in [5.74, 6) is 0.446. The van der Waals surface area contributed by atoms with E-state index in [9.17, 15) is 4.79 Å². The summed E-state index contributed by atoms with van der Waals surface area (Å²) in [6.45, 7) is 2.14. The van der Waals surface area contributed by atoms with E-state index in [1.807, 2.05) is 24.3 Å². The molecule has 1 unspecified atom stereocenters. The zero-order chi connectivity index (χ0) is 15.9. The zero-order valence-corrected chi connectivity index (χ0v) is 13.0. The van der Waals surface area contributed by atoms with E-state index in [0.29, 0.717) is 23.1 Å². The Labute approximate surface area is 134 Å². The molecule has 2 aromatic rings. The number of hydrogen-bond acceptors (Lipinski definition) is 4. The fourth-order valence-electron chi connectivity index (χ4n) is 1.88. The topological polar surface area (TPSA) is 74.2 Å². The van der Waals surface area contributed by atoms with Gasteiger partial charge in [-0.3, -0.25) is 4.79 Å². The van der Waals surface area contributed by atoms with Gasteiger partial charge >= 0.3 is 0 Å². The van der Waals surface area contributed by atoms with Crippen LogP contribution in [-0.4, -0.2) is 22.1 Å². The second-order valence-electron chi connectivity index (χ2n) is 4.98. The number of anilines is 2. The van der Waals surface area contributed by atoms with Crippen LogP contribution in [0.3, 0.4) is 0 Å². The lowest BCUT2D eigenvalue weighted by atomic mass is 10.2. The molecule has 0 aliphatic rings. The number of aromatic nitrogens is 1. The number of pyridine rings is 1. The van der Waals surface area contributed by atoms with Crippen LogP contribution in [0.2, 0.25) is 5.02 Å². The minimum absolute atomic E-state index is 0.0620. The predicted molar refractivity (Wildman–Crippen MR) is 87.9 cm³/mol. The molecule has 2 rings (SSSR count). The quantitative estimate of drug-likeness (QED) is 0.765. The smallest absolute Gasteiger partial charge is 0.227 e. The van der Waals surface area contributed by atoms with Crippen LogP contribution in [-0.2, 0) is 11.3 Å². The Morgan fingerprint density at radius 2 is 2.09 bits per heavy atom. The molecule has 116 valence electrons. The molecule has 0 spiro atoms. The number of carbonyl (C=O) groups is 1. The van der Waals surface area contributed by atoms with E-state index in [2.05, 4.69) is 15.6 Å². The van der Waals surface area contributed by atoms with Gasteiger partial charge in [0.25, 0.3) is 0 Å². The maximum absolute atomic E-state index is 11.5. The molecule has 1 aromatic heterocycles. The van der Waals surface area contributed by atoms with Crippen molar-refractivity contribution in [2.45, 2.75) is 26.0 Å². The molecule has 22 heavy (non-hydrogen) atoms. The zero-order valence-electron chi connectivity index (χ0n) is 12.2. The van der Waals surface area contributed by atoms with Crippen LogP contribution in [0, 0.1) is 0 Å². The second kappa shape index (κ2) is 7.77. The van der Waals surface area contributed by atoms with E-state index in [-0.39, 0.29) is 12.3 Å². The molecule has 0 saturated heterocycles. The van der Waals surface area contributed by atoms with Crippen molar-refractivity contribution >= 4 is 29.0 Å². The first-order chi connectivity index (χ1) is 10.5. The van der Waals surface area contributed by atoms with Crippen LogP contribution in [0.25, 0.3) is 0 Å². The van der Waals surface area contributed by atoms with Crippen molar-refractivity contribution < 1.29 is 9.90 Å². The molecule has 1 heterocycles. The van der Waals surface area contributed by atoms with Crippen LogP contribution in [0.4, 0.5) is 11.5 Å². The van der Waals surface area contributed by atoms with Crippen molar-refractivity contribution in [1.82, 2.24) is 4.98 Å². The first-order valence-corrected chi connectivity index (χ1v) is 7.33. The van der Waals surface area contributed by atoms with Gasteiger partial charge < -0.3 is 15.7 Å². The van der Waals surface area contributed by atoms with Crippen molar-refractivity contribution in [3.63, 3.8) is 0 Å². The minimum Gasteiger partial charge on any atom is -0.393 e. The monoisotopic (exact) mass is 319 g/mol. The fraction of sp³-hybridized carbons (Fsp3) is 0.250. The largest absolute Gasteiger partial charge is 0.393 e. The van der Waals surface area contributed by atoms with E-state index < -0.39 is 6.10 Å². The third-order valence-electron chi connectivity index (χ3n) is 2.95. The van der Waals surface area contributed by atoms with Gasteiger partial charge in [-0.05, 0) is 30.7 Å². The lowest BCUT2D eigenvalue weighted by Crippen LogP contribution is -2.17. The summed E-state index contributed by atoms with van der Waals surface area (Å²) in [7, 11) is 0. The molecule has 0 bridgehead atoms. The summed E-state index contributed by atoms with van der Waals surface area (Å²) in [6.07, 6.45) is 0.964. The van der Waals surface area contributed by atoms with Crippen molar-refractivity contribution in [2.75, 3.05) is 10.6 Å². The van der Waals surface area contributed by atoms with Gasteiger partial charge in [0, 0.05) is 11.6 Å². The van der Waals surface area contributed by atoms with Crippen molar-refractivity contribution in [3.8, 4) is 0 Å². The molecule has 6 heteroatoms. The van der Waals surface area contributed by atoms with Crippen LogP contribution in [0.15, 0.2) is 42.6 Å². The number of hydrogen-bond donors (Lipinski definition) is 3. The Hall–Kier alpha value is -2.11. The average Bonchev–Trinajstić information content (AvgIpc) is 2.47. The summed E-state index contributed by atoms with van der Waals surface area (Å²) in [5, 5.41) is 15.7. The molecule has 0 radical (unpaired) electrons. The molecule has 0 aliphatic carbocycles. The highest BCUT2D eigenvalue weighted by Gasteiger charge is 2.06. The molecule has 1 amide bonds. The van der Waals surface area contributed by atoms with E-state index in [4.69, 9.17) is 16.7 Å². The third kappa shape index (κ3) is 5.02. The summed E-state index contributed by atoms with van der Waals surface area (Å²) < 4.78 is 0. The lowest BCUT2D eigenvalue weighted by Gasteiger charge is -2.09.